The average molecular weight is 456 g/mol. The van der Waals surface area contributed by atoms with E-state index >= 15 is 0 Å². The third kappa shape index (κ3) is 6.17. The Bertz CT molecular complexity index is 1040. The molecule has 0 saturated carbocycles. The van der Waals surface area contributed by atoms with Crippen molar-refractivity contribution in [1.29, 1.82) is 5.41 Å². The maximum Gasteiger partial charge on any atom is 0.214 e. The van der Waals surface area contributed by atoms with Gasteiger partial charge in [-0.2, -0.15) is 0 Å². The summed E-state index contributed by atoms with van der Waals surface area (Å²) in [6.45, 7) is 6.75. The molecule has 2 rings (SSSR count). The van der Waals surface area contributed by atoms with Crippen molar-refractivity contribution in [3.8, 4) is 5.75 Å². The number of aromatic nitrogens is 1. The van der Waals surface area contributed by atoms with Gasteiger partial charge in [0.1, 0.15) is 11.2 Å². The van der Waals surface area contributed by atoms with E-state index in [-0.39, 0.29) is 18.5 Å². The number of sulfonamides is 1. The zero-order chi connectivity index (χ0) is 22.5. The van der Waals surface area contributed by atoms with Crippen LogP contribution >= 0.6 is 11.6 Å². The maximum atomic E-state index is 13.7. The van der Waals surface area contributed by atoms with Crippen molar-refractivity contribution in [3.05, 3.63) is 71.1 Å². The van der Waals surface area contributed by atoms with Crippen LogP contribution in [0.3, 0.4) is 0 Å². The highest BCUT2D eigenvalue weighted by Crippen LogP contribution is 2.30. The molecule has 3 atom stereocenters. The highest BCUT2D eigenvalue weighted by molar-refractivity contribution is 7.90. The number of hydrogen-bond acceptors (Lipinski definition) is 4. The normalized spacial score (nSPS) is 14.7. The first-order chi connectivity index (χ1) is 14.0. The first-order valence-electron chi connectivity index (χ1n) is 9.42. The topological polar surface area (TPSA) is 84.2 Å². The minimum absolute atomic E-state index is 0.0661. The van der Waals surface area contributed by atoms with Crippen molar-refractivity contribution in [3.63, 3.8) is 0 Å². The zero-order valence-corrected chi connectivity index (χ0v) is 18.8. The van der Waals surface area contributed by atoms with Gasteiger partial charge in [0.05, 0.1) is 18.2 Å². The number of hydrogen-bond donors (Lipinski definition) is 2. The lowest BCUT2D eigenvalue weighted by molar-refractivity contribution is 0.312. The van der Waals surface area contributed by atoms with Crippen LogP contribution in [-0.4, -0.2) is 25.3 Å². The van der Waals surface area contributed by atoms with Gasteiger partial charge in [0.15, 0.2) is 0 Å². The van der Waals surface area contributed by atoms with Crippen molar-refractivity contribution < 1.29 is 17.5 Å². The maximum absolute atomic E-state index is 13.7. The molecule has 0 aliphatic heterocycles. The number of pyridine rings is 1. The predicted octanol–water partition coefficient (Wildman–Crippen LogP) is 4.19. The summed E-state index contributed by atoms with van der Waals surface area (Å²) in [5, 5.41) is 7.69. The molecule has 0 saturated heterocycles. The van der Waals surface area contributed by atoms with Gasteiger partial charge in [-0.1, -0.05) is 37.2 Å². The van der Waals surface area contributed by atoms with Crippen molar-refractivity contribution in [2.24, 2.45) is 5.92 Å². The quantitative estimate of drug-likeness (QED) is 0.563. The number of halogens is 2. The Balaban J connectivity index is 2.21. The summed E-state index contributed by atoms with van der Waals surface area (Å²) >= 11 is 5.92. The van der Waals surface area contributed by atoms with Gasteiger partial charge in [0, 0.05) is 30.2 Å². The lowest BCUT2D eigenvalue weighted by Crippen LogP contribution is -2.40. The summed E-state index contributed by atoms with van der Waals surface area (Å²) < 4.78 is 48.8. The summed E-state index contributed by atoms with van der Waals surface area (Å²) in [4.78, 5) is 0. The smallest absolute Gasteiger partial charge is 0.214 e. The fraction of sp³-hybridized carbons (Fsp3) is 0.381. The SMILES string of the molecule is C=C(F)C[C@@H]([C@H](C)C(C)S(=O)(=O)NCc1ccc(OC)cc1)n1ccc(Cl)cc1=N. The van der Waals surface area contributed by atoms with Crippen molar-refractivity contribution >= 4 is 21.6 Å². The molecule has 0 spiro atoms. The fourth-order valence-electron chi connectivity index (χ4n) is 3.19. The molecule has 1 aromatic heterocycles. The summed E-state index contributed by atoms with van der Waals surface area (Å²) in [5.74, 6) is -0.408. The number of ether oxygens (including phenoxy) is 1. The standard InChI is InChI=1S/C21H27ClFN3O3S/c1-14(23)11-20(26-10-9-18(22)12-21(26)24)15(2)16(3)30(27,28)25-13-17-5-7-19(29-4)8-6-17/h5-10,12,15-16,20,24-25H,1,11,13H2,2-4H3/t15-,16?,20+/m1/s1. The van der Waals surface area contributed by atoms with Gasteiger partial charge >= 0.3 is 0 Å². The van der Waals surface area contributed by atoms with Gasteiger partial charge in [0.25, 0.3) is 0 Å². The molecular weight excluding hydrogens is 429 g/mol. The van der Waals surface area contributed by atoms with E-state index < -0.39 is 33.1 Å². The summed E-state index contributed by atoms with van der Waals surface area (Å²) in [7, 11) is -2.16. The molecule has 1 aromatic carbocycles. The van der Waals surface area contributed by atoms with Crippen LogP contribution in [0.2, 0.25) is 5.02 Å². The molecule has 0 bridgehead atoms. The van der Waals surface area contributed by atoms with E-state index in [9.17, 15) is 12.8 Å². The molecule has 2 aromatic rings. The van der Waals surface area contributed by atoms with Crippen LogP contribution in [0.5, 0.6) is 5.75 Å². The Kier molecular flexibility index (Phi) is 8.23. The van der Waals surface area contributed by atoms with E-state index in [2.05, 4.69) is 11.3 Å². The number of methoxy groups -OCH3 is 1. The second kappa shape index (κ2) is 10.2. The summed E-state index contributed by atoms with van der Waals surface area (Å²) in [5.41, 5.74) is 0.852. The van der Waals surface area contributed by atoms with Crippen LogP contribution < -0.4 is 14.9 Å². The highest BCUT2D eigenvalue weighted by Gasteiger charge is 2.33. The second-order valence-corrected chi connectivity index (χ2v) is 9.76. The first kappa shape index (κ1) is 24.1. The number of benzene rings is 1. The molecule has 9 heteroatoms. The van der Waals surface area contributed by atoms with Gasteiger partial charge in [-0.05, 0) is 42.7 Å². The summed E-state index contributed by atoms with van der Waals surface area (Å²) in [6.07, 6.45) is 1.47. The summed E-state index contributed by atoms with van der Waals surface area (Å²) in [6, 6.07) is 9.48. The third-order valence-electron chi connectivity index (χ3n) is 5.21. The minimum atomic E-state index is -3.72. The van der Waals surface area contributed by atoms with Gasteiger partial charge in [0.2, 0.25) is 10.0 Å². The third-order valence-corrected chi connectivity index (χ3v) is 7.40. The molecule has 6 nitrogen and oxygen atoms in total. The first-order valence-corrected chi connectivity index (χ1v) is 11.3. The highest BCUT2D eigenvalue weighted by atomic mass is 35.5. The van der Waals surface area contributed by atoms with Crippen molar-refractivity contribution in [2.75, 3.05) is 7.11 Å². The number of rotatable bonds is 10. The molecule has 2 N–H and O–H groups in total. The van der Waals surface area contributed by atoms with Gasteiger partial charge in [-0.3, -0.25) is 5.41 Å². The Hall–Kier alpha value is -2.16. The van der Waals surface area contributed by atoms with Crippen LogP contribution in [0.1, 0.15) is 31.9 Å². The second-order valence-electron chi connectivity index (χ2n) is 7.20. The Labute approximate surface area is 181 Å². The Morgan fingerprint density at radius 3 is 2.47 bits per heavy atom. The largest absolute Gasteiger partial charge is 0.497 e. The van der Waals surface area contributed by atoms with Crippen molar-refractivity contribution in [1.82, 2.24) is 9.29 Å². The molecular formula is C21H27ClFN3O3S. The Morgan fingerprint density at radius 1 is 1.30 bits per heavy atom. The van der Waals surface area contributed by atoms with Crippen molar-refractivity contribution in [2.45, 2.75) is 38.1 Å². The number of allylic oxidation sites excluding steroid dienone is 1. The monoisotopic (exact) mass is 455 g/mol. The molecule has 164 valence electrons. The van der Waals surface area contributed by atoms with Crippen LogP contribution in [0.4, 0.5) is 4.39 Å². The molecule has 0 radical (unpaired) electrons. The van der Waals surface area contributed by atoms with E-state index in [1.807, 2.05) is 0 Å². The fourth-order valence-corrected chi connectivity index (χ4v) is 4.73. The van der Waals surface area contributed by atoms with Crippen LogP contribution in [0, 0.1) is 11.3 Å². The molecule has 0 fully saturated rings. The predicted molar refractivity (Wildman–Crippen MR) is 117 cm³/mol. The molecule has 0 aliphatic carbocycles. The molecule has 1 heterocycles. The average Bonchev–Trinajstić information content (AvgIpc) is 2.70. The van der Waals surface area contributed by atoms with E-state index in [1.54, 1.807) is 57.5 Å². The number of nitrogens with one attached hydrogen (secondary N) is 2. The van der Waals surface area contributed by atoms with Gasteiger partial charge in [-0.25, -0.2) is 17.5 Å². The molecule has 1 unspecified atom stereocenters. The van der Waals surface area contributed by atoms with Gasteiger partial charge < -0.3 is 9.30 Å². The van der Waals surface area contributed by atoms with E-state index in [4.69, 9.17) is 21.7 Å². The minimum Gasteiger partial charge on any atom is -0.497 e. The number of nitrogens with zero attached hydrogens (tertiary/aromatic N) is 1. The molecule has 0 aliphatic rings. The zero-order valence-electron chi connectivity index (χ0n) is 17.2. The molecule has 30 heavy (non-hydrogen) atoms. The van der Waals surface area contributed by atoms with Crippen LogP contribution in [-0.2, 0) is 16.6 Å². The Morgan fingerprint density at radius 2 is 1.93 bits per heavy atom. The lowest BCUT2D eigenvalue weighted by atomic mass is 9.95. The van der Waals surface area contributed by atoms with Crippen LogP contribution in [0.15, 0.2) is 55.0 Å². The lowest BCUT2D eigenvalue weighted by Gasteiger charge is -2.30. The van der Waals surface area contributed by atoms with Crippen LogP contribution in [0.25, 0.3) is 0 Å². The van der Waals surface area contributed by atoms with Gasteiger partial charge in [-0.15, -0.1) is 0 Å². The van der Waals surface area contributed by atoms with E-state index in [0.29, 0.717) is 10.8 Å². The van der Waals surface area contributed by atoms with E-state index in [1.165, 1.54) is 10.6 Å². The molecule has 0 amide bonds. The van der Waals surface area contributed by atoms with E-state index in [0.717, 1.165) is 5.56 Å².